The Bertz CT molecular complexity index is 2130. The molecule has 6 aromatic carbocycles. The zero-order chi connectivity index (χ0) is 32.8. The summed E-state index contributed by atoms with van der Waals surface area (Å²) in [5, 5.41) is 1.75. The van der Waals surface area contributed by atoms with Gasteiger partial charge in [-0.1, -0.05) is 60.7 Å². The van der Waals surface area contributed by atoms with Crippen molar-refractivity contribution in [3.8, 4) is 17.2 Å². The van der Waals surface area contributed by atoms with Gasteiger partial charge in [0.2, 0.25) is 0 Å². The normalized spacial score (nSPS) is 15.3. The number of ether oxygens (including phenoxy) is 3. The minimum atomic E-state index is -4.54. The van der Waals surface area contributed by atoms with E-state index >= 15 is 0 Å². The van der Waals surface area contributed by atoms with Crippen molar-refractivity contribution in [3.63, 3.8) is 0 Å². The molecule has 0 saturated heterocycles. The lowest BCUT2D eigenvalue weighted by Gasteiger charge is -2.40. The molecule has 0 aromatic heterocycles. The summed E-state index contributed by atoms with van der Waals surface area (Å²) in [7, 11) is 1.55. The van der Waals surface area contributed by atoms with Crippen LogP contribution in [-0.2, 0) is 21.3 Å². The van der Waals surface area contributed by atoms with Gasteiger partial charge >= 0.3 is 6.18 Å². The van der Waals surface area contributed by atoms with Crippen molar-refractivity contribution in [1.29, 1.82) is 0 Å². The molecule has 0 fully saturated rings. The van der Waals surface area contributed by atoms with E-state index in [1.54, 1.807) is 54.5 Å². The van der Waals surface area contributed by atoms with Gasteiger partial charge in [0.05, 0.1) is 12.7 Å². The minimum absolute atomic E-state index is 0.293. The van der Waals surface area contributed by atoms with Gasteiger partial charge in [-0.3, -0.25) is 4.79 Å². The third-order valence-corrected chi connectivity index (χ3v) is 8.59. The first kappa shape index (κ1) is 29.9. The Morgan fingerprint density at radius 2 is 1.43 bits per heavy atom. The number of hydrogen-bond donors (Lipinski definition) is 0. The molecule has 0 radical (unpaired) electrons. The number of alkyl halides is 3. The maximum atomic E-state index is 13.9. The zero-order valence-electron chi connectivity index (χ0n) is 25.4. The number of nitrogens with zero attached hydrogens (tertiary/aromatic N) is 1. The molecular formula is C39H28F3NO4. The topological polar surface area (TPSA) is 48.0 Å². The van der Waals surface area contributed by atoms with Gasteiger partial charge in [-0.15, -0.1) is 0 Å². The number of benzene rings is 6. The molecule has 0 amide bonds. The maximum Gasteiger partial charge on any atom is 0.416 e. The van der Waals surface area contributed by atoms with Crippen molar-refractivity contribution < 1.29 is 32.2 Å². The summed E-state index contributed by atoms with van der Waals surface area (Å²) in [5.41, 5.74) is 2.15. The van der Waals surface area contributed by atoms with Crippen molar-refractivity contribution in [2.75, 3.05) is 12.0 Å². The fourth-order valence-electron chi connectivity index (χ4n) is 6.43. The number of hydrogen-bond acceptors (Lipinski definition) is 5. The average Bonchev–Trinajstić information content (AvgIpc) is 3.08. The number of anilines is 3. The van der Waals surface area contributed by atoms with Crippen LogP contribution < -0.4 is 14.4 Å². The van der Waals surface area contributed by atoms with E-state index in [0.717, 1.165) is 34.0 Å². The highest BCUT2D eigenvalue weighted by molar-refractivity contribution is 5.92. The van der Waals surface area contributed by atoms with E-state index in [0.29, 0.717) is 51.9 Å². The molecule has 234 valence electrons. The largest absolute Gasteiger partial charge is 0.497 e. The number of rotatable bonds is 7. The standard InChI is InChI=1S/C39H28F3NO4/c1-25-8-3-6-13-33(25)38(46-24-44)34-21-17-30(23-36(34)47-37-32-12-5-4-9-26(32)14-20-35(37)38)43(28-15-18-31(45-2)19-16-28)29-11-7-10-27(22-29)39(40,41)42/h3-24H,1-2H3. The summed E-state index contributed by atoms with van der Waals surface area (Å²) in [6, 6.07) is 36.9. The van der Waals surface area contributed by atoms with Crippen molar-refractivity contribution >= 4 is 34.3 Å². The predicted octanol–water partition coefficient (Wildman–Crippen LogP) is 10.2. The third-order valence-electron chi connectivity index (χ3n) is 8.59. The summed E-state index contributed by atoms with van der Waals surface area (Å²) >= 11 is 0. The number of carbonyl (C=O) groups excluding carboxylic acids is 1. The molecular weight excluding hydrogens is 603 g/mol. The summed E-state index contributed by atoms with van der Waals surface area (Å²) < 4.78 is 59.9. The van der Waals surface area contributed by atoms with E-state index in [1.165, 1.54) is 6.07 Å². The van der Waals surface area contributed by atoms with E-state index < -0.39 is 17.3 Å². The van der Waals surface area contributed by atoms with Crippen LogP contribution in [0.2, 0.25) is 0 Å². The molecule has 0 spiro atoms. The average molecular weight is 632 g/mol. The van der Waals surface area contributed by atoms with Crippen LogP contribution in [0.5, 0.6) is 17.2 Å². The van der Waals surface area contributed by atoms with Crippen LogP contribution in [0.4, 0.5) is 30.2 Å². The van der Waals surface area contributed by atoms with Gasteiger partial charge in [0.25, 0.3) is 6.47 Å². The van der Waals surface area contributed by atoms with E-state index in [2.05, 4.69) is 0 Å². The van der Waals surface area contributed by atoms with Gasteiger partial charge in [0.15, 0.2) is 5.60 Å². The molecule has 0 N–H and O–H groups in total. The highest BCUT2D eigenvalue weighted by Gasteiger charge is 2.47. The summed E-state index contributed by atoms with van der Waals surface area (Å²) in [5.74, 6) is 1.51. The lowest BCUT2D eigenvalue weighted by Crippen LogP contribution is -2.36. The summed E-state index contributed by atoms with van der Waals surface area (Å²) in [6.45, 7) is 2.40. The molecule has 1 unspecified atom stereocenters. The molecule has 1 atom stereocenters. The zero-order valence-corrected chi connectivity index (χ0v) is 25.4. The monoisotopic (exact) mass is 631 g/mol. The van der Waals surface area contributed by atoms with Crippen molar-refractivity contribution in [2.24, 2.45) is 0 Å². The second-order valence-electron chi connectivity index (χ2n) is 11.2. The van der Waals surface area contributed by atoms with Crippen LogP contribution >= 0.6 is 0 Å². The number of methoxy groups -OCH3 is 1. The predicted molar refractivity (Wildman–Crippen MR) is 175 cm³/mol. The molecule has 5 nitrogen and oxygen atoms in total. The second kappa shape index (κ2) is 11.6. The van der Waals surface area contributed by atoms with Crippen molar-refractivity contribution in [2.45, 2.75) is 18.7 Å². The van der Waals surface area contributed by atoms with E-state index in [1.807, 2.05) is 73.7 Å². The van der Waals surface area contributed by atoms with Crippen LogP contribution in [-0.4, -0.2) is 13.6 Å². The van der Waals surface area contributed by atoms with Gasteiger partial charge in [-0.2, -0.15) is 13.2 Å². The highest BCUT2D eigenvalue weighted by Crippen LogP contribution is 2.56. The Morgan fingerprint density at radius 1 is 0.723 bits per heavy atom. The van der Waals surface area contributed by atoms with Gasteiger partial charge < -0.3 is 19.1 Å². The lowest BCUT2D eigenvalue weighted by atomic mass is 9.75. The number of aryl methyl sites for hydroxylation is 1. The molecule has 0 saturated carbocycles. The van der Waals surface area contributed by atoms with E-state index in [9.17, 15) is 18.0 Å². The van der Waals surface area contributed by atoms with Crippen LogP contribution in [0, 0.1) is 6.92 Å². The summed E-state index contributed by atoms with van der Waals surface area (Å²) in [6.07, 6.45) is -4.54. The minimum Gasteiger partial charge on any atom is -0.497 e. The smallest absolute Gasteiger partial charge is 0.416 e. The first-order valence-corrected chi connectivity index (χ1v) is 14.9. The Morgan fingerprint density at radius 3 is 2.17 bits per heavy atom. The fourth-order valence-corrected chi connectivity index (χ4v) is 6.43. The number of carbonyl (C=O) groups is 1. The van der Waals surface area contributed by atoms with Crippen LogP contribution in [0.15, 0.2) is 127 Å². The first-order chi connectivity index (χ1) is 22.7. The SMILES string of the molecule is COc1ccc(N(c2cccc(C(F)(F)F)c2)c2ccc3c(c2)Oc2c(ccc4ccccc24)C3(OC=O)c2ccccc2C)cc1. The van der Waals surface area contributed by atoms with E-state index in [-0.39, 0.29) is 0 Å². The molecule has 8 heteroatoms. The fraction of sp³-hybridized carbons (Fsp3) is 0.103. The van der Waals surface area contributed by atoms with Crippen LogP contribution in [0.25, 0.3) is 10.8 Å². The second-order valence-corrected chi connectivity index (χ2v) is 11.2. The molecule has 47 heavy (non-hydrogen) atoms. The molecule has 0 bridgehead atoms. The first-order valence-electron chi connectivity index (χ1n) is 14.9. The van der Waals surface area contributed by atoms with Crippen molar-refractivity contribution in [1.82, 2.24) is 0 Å². The van der Waals surface area contributed by atoms with Crippen LogP contribution in [0.1, 0.15) is 27.8 Å². The quantitative estimate of drug-likeness (QED) is 0.164. The Balaban J connectivity index is 1.50. The maximum absolute atomic E-state index is 13.9. The third kappa shape index (κ3) is 5.02. The Kier molecular flexibility index (Phi) is 7.35. The van der Waals surface area contributed by atoms with Gasteiger partial charge in [0, 0.05) is 45.2 Å². The van der Waals surface area contributed by atoms with Gasteiger partial charge in [-0.05, 0) is 78.5 Å². The molecule has 6 aromatic rings. The Hall–Kier alpha value is -5.76. The van der Waals surface area contributed by atoms with E-state index in [4.69, 9.17) is 14.2 Å². The number of fused-ring (bicyclic) bond motifs is 4. The molecule has 1 aliphatic heterocycles. The van der Waals surface area contributed by atoms with Gasteiger partial charge in [0.1, 0.15) is 17.2 Å². The lowest BCUT2D eigenvalue weighted by molar-refractivity contribution is -0.138. The molecule has 7 rings (SSSR count). The Labute approximate surface area is 269 Å². The number of halogens is 3. The van der Waals surface area contributed by atoms with Gasteiger partial charge in [-0.25, -0.2) is 0 Å². The molecule has 1 heterocycles. The van der Waals surface area contributed by atoms with Crippen molar-refractivity contribution in [3.05, 3.63) is 155 Å². The molecule has 1 aliphatic rings. The molecule has 0 aliphatic carbocycles. The summed E-state index contributed by atoms with van der Waals surface area (Å²) in [4.78, 5) is 14.1. The van der Waals surface area contributed by atoms with Crippen LogP contribution in [0.3, 0.4) is 0 Å². The highest BCUT2D eigenvalue weighted by atomic mass is 19.4.